The van der Waals surface area contributed by atoms with Gasteiger partial charge in [0.25, 0.3) is 5.91 Å². The van der Waals surface area contributed by atoms with Gasteiger partial charge in [-0.25, -0.2) is 4.39 Å². The SMILES string of the molecule is C[C@@H]1C[C@H]1C(=O)Nc1ccc(C(=O)N2CCN(c3ccccc3F)CC2)cc1. The van der Waals surface area contributed by atoms with Gasteiger partial charge in [-0.1, -0.05) is 19.1 Å². The molecule has 2 aromatic carbocycles. The maximum absolute atomic E-state index is 13.9. The molecule has 146 valence electrons. The summed E-state index contributed by atoms with van der Waals surface area (Å²) in [4.78, 5) is 28.5. The molecule has 0 spiro atoms. The van der Waals surface area contributed by atoms with Gasteiger partial charge in [-0.2, -0.15) is 0 Å². The van der Waals surface area contributed by atoms with Crippen LogP contribution in [0.15, 0.2) is 48.5 Å². The van der Waals surface area contributed by atoms with Crippen molar-refractivity contribution in [3.8, 4) is 0 Å². The molecule has 0 aromatic heterocycles. The normalized spacial score (nSPS) is 21.4. The van der Waals surface area contributed by atoms with Crippen molar-refractivity contribution < 1.29 is 14.0 Å². The first-order chi connectivity index (χ1) is 13.5. The molecular formula is C22H24FN3O2. The second-order valence-electron chi connectivity index (χ2n) is 7.62. The van der Waals surface area contributed by atoms with Gasteiger partial charge in [0.15, 0.2) is 0 Å². The molecule has 1 aliphatic carbocycles. The Labute approximate surface area is 164 Å². The number of rotatable bonds is 4. The molecule has 2 fully saturated rings. The maximum atomic E-state index is 13.9. The van der Waals surface area contributed by atoms with Crippen molar-refractivity contribution in [3.05, 3.63) is 59.9 Å². The van der Waals surface area contributed by atoms with Gasteiger partial charge in [-0.3, -0.25) is 9.59 Å². The van der Waals surface area contributed by atoms with E-state index in [-0.39, 0.29) is 23.5 Å². The van der Waals surface area contributed by atoms with Gasteiger partial charge in [-0.05, 0) is 48.7 Å². The Bertz CT molecular complexity index is 876. The van der Waals surface area contributed by atoms with Gasteiger partial charge in [0.05, 0.1) is 5.69 Å². The van der Waals surface area contributed by atoms with Gasteiger partial charge >= 0.3 is 0 Å². The minimum atomic E-state index is -0.236. The first kappa shape index (κ1) is 18.5. The van der Waals surface area contributed by atoms with Crippen LogP contribution in [0, 0.1) is 17.7 Å². The molecule has 1 heterocycles. The molecule has 1 saturated heterocycles. The van der Waals surface area contributed by atoms with Crippen LogP contribution in [0.5, 0.6) is 0 Å². The van der Waals surface area contributed by atoms with E-state index in [1.165, 1.54) is 6.07 Å². The third-order valence-electron chi connectivity index (χ3n) is 5.61. The quantitative estimate of drug-likeness (QED) is 0.883. The summed E-state index contributed by atoms with van der Waals surface area (Å²) in [6, 6.07) is 13.8. The number of piperazine rings is 1. The molecule has 2 atom stereocenters. The molecule has 2 amide bonds. The molecule has 4 rings (SSSR count). The van der Waals surface area contributed by atoms with Crippen molar-refractivity contribution >= 4 is 23.2 Å². The van der Waals surface area contributed by atoms with Crippen LogP contribution in [0.3, 0.4) is 0 Å². The van der Waals surface area contributed by atoms with Crippen LogP contribution < -0.4 is 10.2 Å². The number of benzene rings is 2. The second kappa shape index (κ2) is 7.62. The number of carbonyl (C=O) groups is 2. The van der Waals surface area contributed by atoms with Crippen LogP contribution in [0.25, 0.3) is 0 Å². The molecule has 28 heavy (non-hydrogen) atoms. The number of hydrogen-bond donors (Lipinski definition) is 1. The number of halogens is 1. The first-order valence-corrected chi connectivity index (χ1v) is 9.72. The summed E-state index contributed by atoms with van der Waals surface area (Å²) in [6.07, 6.45) is 0.946. The molecule has 5 nitrogen and oxygen atoms in total. The number of hydrogen-bond acceptors (Lipinski definition) is 3. The first-order valence-electron chi connectivity index (χ1n) is 9.72. The predicted octanol–water partition coefficient (Wildman–Crippen LogP) is 3.38. The van der Waals surface area contributed by atoms with Crippen molar-refractivity contribution in [1.82, 2.24) is 4.90 Å². The smallest absolute Gasteiger partial charge is 0.253 e. The molecule has 2 aliphatic rings. The van der Waals surface area contributed by atoms with Gasteiger partial charge in [-0.15, -0.1) is 0 Å². The van der Waals surface area contributed by atoms with E-state index < -0.39 is 0 Å². The molecule has 0 unspecified atom stereocenters. The van der Waals surface area contributed by atoms with Gasteiger partial charge in [0, 0.05) is 43.3 Å². The van der Waals surface area contributed by atoms with E-state index in [0.717, 1.165) is 6.42 Å². The van der Waals surface area contributed by atoms with Crippen molar-refractivity contribution in [2.45, 2.75) is 13.3 Å². The maximum Gasteiger partial charge on any atom is 0.253 e. The molecule has 1 aliphatic heterocycles. The summed E-state index contributed by atoms with van der Waals surface area (Å²) in [5, 5.41) is 2.90. The van der Waals surface area contributed by atoms with Gasteiger partial charge < -0.3 is 15.1 Å². The van der Waals surface area contributed by atoms with E-state index in [9.17, 15) is 14.0 Å². The molecule has 6 heteroatoms. The molecule has 0 radical (unpaired) electrons. The molecule has 1 saturated carbocycles. The third kappa shape index (κ3) is 3.86. The molecule has 1 N–H and O–H groups in total. The Morgan fingerprint density at radius 3 is 2.25 bits per heavy atom. The van der Waals surface area contributed by atoms with E-state index >= 15 is 0 Å². The summed E-state index contributed by atoms with van der Waals surface area (Å²) in [5.41, 5.74) is 1.89. The average molecular weight is 381 g/mol. The fourth-order valence-corrected chi connectivity index (χ4v) is 3.66. The van der Waals surface area contributed by atoms with Crippen molar-refractivity contribution in [1.29, 1.82) is 0 Å². The molecule has 2 aromatic rings. The Balaban J connectivity index is 1.33. The Morgan fingerprint density at radius 1 is 1.00 bits per heavy atom. The lowest BCUT2D eigenvalue weighted by atomic mass is 10.1. The highest BCUT2D eigenvalue weighted by Crippen LogP contribution is 2.38. The minimum Gasteiger partial charge on any atom is -0.366 e. The Kier molecular flexibility index (Phi) is 5.03. The summed E-state index contributed by atoms with van der Waals surface area (Å²) in [5.74, 6) is 0.356. The standard InChI is InChI=1S/C22H24FN3O2/c1-15-14-18(15)21(27)24-17-8-6-16(7-9-17)22(28)26-12-10-25(11-13-26)20-5-3-2-4-19(20)23/h2-9,15,18H,10-14H2,1H3,(H,24,27)/t15-,18-/m1/s1. The fraction of sp³-hybridized carbons (Fsp3) is 0.364. The van der Waals surface area contributed by atoms with E-state index in [1.807, 2.05) is 11.0 Å². The third-order valence-corrected chi connectivity index (χ3v) is 5.61. The number of amides is 2. The highest BCUT2D eigenvalue weighted by atomic mass is 19.1. The zero-order valence-electron chi connectivity index (χ0n) is 15.9. The lowest BCUT2D eigenvalue weighted by Gasteiger charge is -2.36. The van der Waals surface area contributed by atoms with Crippen molar-refractivity contribution in [2.24, 2.45) is 11.8 Å². The summed E-state index contributed by atoms with van der Waals surface area (Å²) >= 11 is 0. The molecule has 0 bridgehead atoms. The molecular weight excluding hydrogens is 357 g/mol. The van der Waals surface area contributed by atoms with Crippen molar-refractivity contribution in [2.75, 3.05) is 36.4 Å². The van der Waals surface area contributed by atoms with E-state index in [2.05, 4.69) is 12.2 Å². The zero-order chi connectivity index (χ0) is 19.7. The summed E-state index contributed by atoms with van der Waals surface area (Å²) < 4.78 is 13.9. The number of carbonyl (C=O) groups excluding carboxylic acids is 2. The van der Waals surface area contributed by atoms with Crippen molar-refractivity contribution in [3.63, 3.8) is 0 Å². The average Bonchev–Trinajstić information content (AvgIpc) is 3.45. The van der Waals surface area contributed by atoms with Crippen LogP contribution in [-0.2, 0) is 4.79 Å². The lowest BCUT2D eigenvalue weighted by molar-refractivity contribution is -0.117. The van der Waals surface area contributed by atoms with Crippen LogP contribution in [0.1, 0.15) is 23.7 Å². The zero-order valence-corrected chi connectivity index (χ0v) is 15.9. The monoisotopic (exact) mass is 381 g/mol. The van der Waals surface area contributed by atoms with Gasteiger partial charge in [0.2, 0.25) is 5.91 Å². The van der Waals surface area contributed by atoms with Crippen LogP contribution in [0.4, 0.5) is 15.8 Å². The van der Waals surface area contributed by atoms with Gasteiger partial charge in [0.1, 0.15) is 5.82 Å². The second-order valence-corrected chi connectivity index (χ2v) is 7.62. The topological polar surface area (TPSA) is 52.7 Å². The number of anilines is 2. The van der Waals surface area contributed by atoms with Crippen LogP contribution in [-0.4, -0.2) is 42.9 Å². The van der Waals surface area contributed by atoms with E-state index in [1.54, 1.807) is 41.3 Å². The van der Waals surface area contributed by atoms with E-state index in [4.69, 9.17) is 0 Å². The summed E-state index contributed by atoms with van der Waals surface area (Å²) in [7, 11) is 0. The van der Waals surface area contributed by atoms with Crippen LogP contribution in [0.2, 0.25) is 0 Å². The highest BCUT2D eigenvalue weighted by Gasteiger charge is 2.39. The largest absolute Gasteiger partial charge is 0.366 e. The number of nitrogens with one attached hydrogen (secondary N) is 1. The predicted molar refractivity (Wildman–Crippen MR) is 107 cm³/mol. The highest BCUT2D eigenvalue weighted by molar-refractivity contribution is 5.97. The minimum absolute atomic E-state index is 0.0399. The summed E-state index contributed by atoms with van der Waals surface area (Å²) in [6.45, 7) is 4.36. The Morgan fingerprint density at radius 2 is 1.64 bits per heavy atom. The number of nitrogens with zero attached hydrogens (tertiary/aromatic N) is 2. The van der Waals surface area contributed by atoms with E-state index in [0.29, 0.717) is 49.0 Å². The lowest BCUT2D eigenvalue weighted by Crippen LogP contribution is -2.49. The fourth-order valence-electron chi connectivity index (χ4n) is 3.66. The number of para-hydroxylation sites is 1. The Hall–Kier alpha value is -2.89. The van der Waals surface area contributed by atoms with Crippen LogP contribution >= 0.6 is 0 Å².